The first kappa shape index (κ1) is 22.3. The van der Waals surface area contributed by atoms with Gasteiger partial charge in [0.25, 0.3) is 0 Å². The van der Waals surface area contributed by atoms with Crippen molar-refractivity contribution in [3.05, 3.63) is 0 Å². The maximum Gasteiger partial charge on any atom is 0.309 e. The molecule has 2 fully saturated rings. The number of carbonyl (C=O) groups excluding carboxylic acids is 1. The van der Waals surface area contributed by atoms with Crippen molar-refractivity contribution in [3.63, 3.8) is 0 Å². The van der Waals surface area contributed by atoms with Crippen LogP contribution in [0.3, 0.4) is 0 Å². The summed E-state index contributed by atoms with van der Waals surface area (Å²) in [5, 5.41) is 9.70. The van der Waals surface area contributed by atoms with Gasteiger partial charge in [-0.15, -0.1) is 0 Å². The van der Waals surface area contributed by atoms with Gasteiger partial charge in [0, 0.05) is 0 Å². The van der Waals surface area contributed by atoms with E-state index in [-0.39, 0.29) is 23.4 Å². The van der Waals surface area contributed by atoms with E-state index in [1.54, 1.807) is 0 Å². The maximum atomic E-state index is 12.6. The Morgan fingerprint density at radius 2 is 1.63 bits per heavy atom. The lowest BCUT2D eigenvalue weighted by Crippen LogP contribution is -2.33. The fourth-order valence-corrected chi connectivity index (χ4v) is 5.01. The van der Waals surface area contributed by atoms with E-state index in [4.69, 9.17) is 4.74 Å². The minimum absolute atomic E-state index is 0.0181. The Hall–Kier alpha value is -1.04. The number of carbonyl (C=O) groups is 1. The van der Waals surface area contributed by atoms with Crippen LogP contribution < -0.4 is 0 Å². The molecule has 0 N–H and O–H groups in total. The third-order valence-electron chi connectivity index (χ3n) is 7.06. The number of hydrogen-bond acceptors (Lipinski definition) is 3. The summed E-state index contributed by atoms with van der Waals surface area (Å²) in [6.45, 7) is 4.47. The molecule has 0 atom stereocenters. The quantitative estimate of drug-likeness (QED) is 0.306. The number of ether oxygens (including phenoxy) is 1. The second-order valence-electron chi connectivity index (χ2n) is 9.20. The van der Waals surface area contributed by atoms with Crippen LogP contribution >= 0.6 is 0 Å². The number of nitriles is 1. The molecule has 154 valence electrons. The van der Waals surface area contributed by atoms with Gasteiger partial charge < -0.3 is 4.74 Å². The molecule has 0 aromatic heterocycles. The van der Waals surface area contributed by atoms with Crippen LogP contribution in [0.2, 0.25) is 0 Å². The molecule has 27 heavy (non-hydrogen) atoms. The molecule has 0 radical (unpaired) electrons. The summed E-state index contributed by atoms with van der Waals surface area (Å²) in [5.41, 5.74) is -0.179. The molecule has 0 saturated heterocycles. The van der Waals surface area contributed by atoms with Gasteiger partial charge in [-0.3, -0.25) is 4.79 Å². The van der Waals surface area contributed by atoms with Gasteiger partial charge in [0.2, 0.25) is 0 Å². The van der Waals surface area contributed by atoms with Crippen LogP contribution in [0.4, 0.5) is 0 Å². The molecule has 0 aromatic carbocycles. The molecule has 0 aromatic rings. The Bertz CT molecular complexity index is 465. The molecule has 2 aliphatic carbocycles. The van der Waals surface area contributed by atoms with E-state index < -0.39 is 0 Å². The van der Waals surface area contributed by atoms with Gasteiger partial charge in [-0.05, 0) is 63.7 Å². The van der Waals surface area contributed by atoms with Crippen LogP contribution in [-0.4, -0.2) is 12.1 Å². The zero-order valence-electron chi connectivity index (χ0n) is 17.8. The van der Waals surface area contributed by atoms with Crippen molar-refractivity contribution in [1.29, 1.82) is 5.26 Å². The lowest BCUT2D eigenvalue weighted by molar-refractivity contribution is -0.157. The van der Waals surface area contributed by atoms with E-state index in [1.807, 2.05) is 0 Å². The minimum Gasteiger partial charge on any atom is -0.462 e. The van der Waals surface area contributed by atoms with Crippen LogP contribution in [0.25, 0.3) is 0 Å². The predicted octanol–water partition coefficient (Wildman–Crippen LogP) is 6.95. The fourth-order valence-electron chi connectivity index (χ4n) is 5.01. The predicted molar refractivity (Wildman–Crippen MR) is 110 cm³/mol. The van der Waals surface area contributed by atoms with Crippen molar-refractivity contribution in [1.82, 2.24) is 0 Å². The highest BCUT2D eigenvalue weighted by Crippen LogP contribution is 2.43. The van der Waals surface area contributed by atoms with Crippen LogP contribution in [0.15, 0.2) is 0 Å². The van der Waals surface area contributed by atoms with Crippen molar-refractivity contribution in [2.45, 2.75) is 123 Å². The van der Waals surface area contributed by atoms with Gasteiger partial charge in [-0.25, -0.2) is 0 Å². The van der Waals surface area contributed by atoms with Crippen molar-refractivity contribution in [3.8, 4) is 6.07 Å². The van der Waals surface area contributed by atoms with E-state index in [0.717, 1.165) is 57.3 Å². The Labute approximate surface area is 167 Å². The highest BCUT2D eigenvalue weighted by atomic mass is 16.5. The highest BCUT2D eigenvalue weighted by molar-refractivity contribution is 5.72. The molecule has 3 nitrogen and oxygen atoms in total. The summed E-state index contributed by atoms with van der Waals surface area (Å²) in [5.74, 6) is 0.892. The Kier molecular flexibility index (Phi) is 9.66. The van der Waals surface area contributed by atoms with Gasteiger partial charge in [-0.2, -0.15) is 5.26 Å². The summed E-state index contributed by atoms with van der Waals surface area (Å²) in [6.07, 6.45) is 17.9. The fraction of sp³-hybridized carbons (Fsp3) is 0.917. The van der Waals surface area contributed by atoms with E-state index >= 15 is 0 Å². The third-order valence-corrected chi connectivity index (χ3v) is 7.06. The summed E-state index contributed by atoms with van der Waals surface area (Å²) in [6, 6.07) is 2.60. The normalized spacial score (nSPS) is 31.2. The zero-order valence-corrected chi connectivity index (χ0v) is 17.8. The first-order valence-electron chi connectivity index (χ1n) is 11.7. The molecule has 2 rings (SSSR count). The summed E-state index contributed by atoms with van der Waals surface area (Å²) < 4.78 is 5.88. The molecular weight excluding hydrogens is 334 g/mol. The number of unbranched alkanes of at least 4 members (excludes halogenated alkanes) is 4. The molecule has 0 unspecified atom stereocenters. The Morgan fingerprint density at radius 3 is 2.22 bits per heavy atom. The minimum atomic E-state index is -0.179. The SMILES string of the molecule is CCCCCCC1(C#N)CCC(C(=O)OC2CCC(CCCC)CC2)CC1. The largest absolute Gasteiger partial charge is 0.462 e. The Morgan fingerprint density at radius 1 is 0.963 bits per heavy atom. The molecule has 2 aliphatic rings. The van der Waals surface area contributed by atoms with Crippen molar-refractivity contribution in [2.24, 2.45) is 17.3 Å². The number of esters is 1. The molecule has 0 spiro atoms. The molecule has 0 aliphatic heterocycles. The first-order valence-corrected chi connectivity index (χ1v) is 11.7. The van der Waals surface area contributed by atoms with Crippen molar-refractivity contribution in [2.75, 3.05) is 0 Å². The van der Waals surface area contributed by atoms with Crippen LogP contribution in [0.5, 0.6) is 0 Å². The monoisotopic (exact) mass is 375 g/mol. The molecule has 0 amide bonds. The molecule has 0 bridgehead atoms. The van der Waals surface area contributed by atoms with Crippen LogP contribution in [0.1, 0.15) is 117 Å². The van der Waals surface area contributed by atoms with E-state index in [0.29, 0.717) is 0 Å². The van der Waals surface area contributed by atoms with E-state index in [9.17, 15) is 10.1 Å². The number of hydrogen-bond donors (Lipinski definition) is 0. The average Bonchev–Trinajstić information content (AvgIpc) is 2.71. The van der Waals surface area contributed by atoms with Crippen molar-refractivity contribution < 1.29 is 9.53 Å². The average molecular weight is 376 g/mol. The number of nitrogens with zero attached hydrogens (tertiary/aromatic N) is 1. The first-order chi connectivity index (χ1) is 13.1. The zero-order chi connectivity index (χ0) is 19.5. The highest BCUT2D eigenvalue weighted by Gasteiger charge is 2.38. The van der Waals surface area contributed by atoms with Gasteiger partial charge in [0.15, 0.2) is 0 Å². The van der Waals surface area contributed by atoms with Crippen LogP contribution in [-0.2, 0) is 9.53 Å². The molecule has 0 heterocycles. The maximum absolute atomic E-state index is 12.6. The standard InChI is InChI=1S/C24H41NO2/c1-3-5-7-8-16-24(19-25)17-14-21(15-18-24)23(26)27-22-12-10-20(11-13-22)9-6-4-2/h20-22H,3-18H2,1-2H3. The second kappa shape index (κ2) is 11.7. The van der Waals surface area contributed by atoms with Crippen molar-refractivity contribution >= 4 is 5.97 Å². The Balaban J connectivity index is 1.69. The molecular formula is C24H41NO2. The summed E-state index contributed by atoms with van der Waals surface area (Å²) >= 11 is 0. The lowest BCUT2D eigenvalue weighted by Gasteiger charge is -2.35. The number of rotatable bonds is 10. The van der Waals surface area contributed by atoms with Gasteiger partial charge in [0.1, 0.15) is 6.10 Å². The van der Waals surface area contributed by atoms with E-state index in [1.165, 1.54) is 51.4 Å². The van der Waals surface area contributed by atoms with E-state index in [2.05, 4.69) is 19.9 Å². The summed E-state index contributed by atoms with van der Waals surface area (Å²) in [4.78, 5) is 12.6. The smallest absolute Gasteiger partial charge is 0.309 e. The van der Waals surface area contributed by atoms with Crippen LogP contribution in [0, 0.1) is 28.6 Å². The second-order valence-corrected chi connectivity index (χ2v) is 9.20. The van der Waals surface area contributed by atoms with Gasteiger partial charge in [-0.1, -0.05) is 58.8 Å². The molecule has 3 heteroatoms. The summed E-state index contributed by atoms with van der Waals surface area (Å²) in [7, 11) is 0. The lowest BCUT2D eigenvalue weighted by atomic mass is 9.69. The topological polar surface area (TPSA) is 50.1 Å². The molecule has 2 saturated carbocycles. The van der Waals surface area contributed by atoms with Gasteiger partial charge >= 0.3 is 5.97 Å². The van der Waals surface area contributed by atoms with Gasteiger partial charge in [0.05, 0.1) is 17.4 Å². The third kappa shape index (κ3) is 7.13.